The van der Waals surface area contributed by atoms with Crippen LogP contribution in [0.15, 0.2) is 36.7 Å². The van der Waals surface area contributed by atoms with E-state index < -0.39 is 12.1 Å². The molecule has 10 heteroatoms. The number of hydrogen-bond donors (Lipinski definition) is 2. The number of aryl methyl sites for hydroxylation is 1. The summed E-state index contributed by atoms with van der Waals surface area (Å²) in [5.74, 6) is -1.85. The summed E-state index contributed by atoms with van der Waals surface area (Å²) >= 11 is 0. The zero-order valence-corrected chi connectivity index (χ0v) is 16.2. The average molecular weight is 422 g/mol. The van der Waals surface area contributed by atoms with Crippen LogP contribution in [0.25, 0.3) is 0 Å². The van der Waals surface area contributed by atoms with Gasteiger partial charge >= 0.3 is 12.1 Å². The molecule has 2 aliphatic rings. The third kappa shape index (κ3) is 4.22. The van der Waals surface area contributed by atoms with Gasteiger partial charge in [0, 0.05) is 31.2 Å². The van der Waals surface area contributed by atoms with E-state index in [9.17, 15) is 18.0 Å². The van der Waals surface area contributed by atoms with E-state index in [1.54, 1.807) is 0 Å². The average Bonchev–Trinajstić information content (AvgIpc) is 3.00. The molecule has 1 saturated heterocycles. The first-order valence-corrected chi connectivity index (χ1v) is 9.44. The molecule has 2 aliphatic heterocycles. The van der Waals surface area contributed by atoms with E-state index in [0.717, 1.165) is 55.1 Å². The van der Waals surface area contributed by atoms with Gasteiger partial charge in [0.2, 0.25) is 11.9 Å². The molecule has 0 unspecified atom stereocenters. The van der Waals surface area contributed by atoms with Crippen molar-refractivity contribution < 1.29 is 27.9 Å². The van der Waals surface area contributed by atoms with Crippen LogP contribution < -0.4 is 10.2 Å². The molecule has 1 amide bonds. The molecule has 0 aliphatic carbocycles. The minimum atomic E-state index is -5.08. The van der Waals surface area contributed by atoms with Crippen molar-refractivity contribution in [2.75, 3.05) is 23.3 Å². The molecule has 2 aromatic rings. The lowest BCUT2D eigenvalue weighted by Gasteiger charge is -2.37. The van der Waals surface area contributed by atoms with Crippen LogP contribution >= 0.6 is 0 Å². The number of halogens is 3. The molecular weight excluding hydrogens is 401 g/mol. The number of nitrogens with zero attached hydrogens (tertiary/aromatic N) is 3. The molecule has 1 aromatic carbocycles. The second kappa shape index (κ2) is 8.29. The zero-order valence-electron chi connectivity index (χ0n) is 16.2. The predicted octanol–water partition coefficient (Wildman–Crippen LogP) is 3.16. The molecule has 30 heavy (non-hydrogen) atoms. The fourth-order valence-corrected chi connectivity index (χ4v) is 3.65. The summed E-state index contributed by atoms with van der Waals surface area (Å²) in [7, 11) is 0. The maximum atomic E-state index is 12.6. The Morgan fingerprint density at radius 3 is 2.30 bits per heavy atom. The Balaban J connectivity index is 0.000000318. The Morgan fingerprint density at radius 2 is 1.77 bits per heavy atom. The normalized spacial score (nSPS) is 17.1. The number of nitrogens with one attached hydrogen (secondary N) is 1. The van der Waals surface area contributed by atoms with Gasteiger partial charge in [-0.05, 0) is 36.5 Å². The van der Waals surface area contributed by atoms with E-state index in [-0.39, 0.29) is 11.3 Å². The smallest absolute Gasteiger partial charge is 0.475 e. The van der Waals surface area contributed by atoms with E-state index in [4.69, 9.17) is 9.90 Å². The van der Waals surface area contributed by atoms with Crippen molar-refractivity contribution in [1.82, 2.24) is 9.97 Å². The van der Waals surface area contributed by atoms with Gasteiger partial charge in [0.1, 0.15) is 0 Å². The number of carboxylic acids is 1. The van der Waals surface area contributed by atoms with Crippen molar-refractivity contribution in [3.05, 3.63) is 47.8 Å². The van der Waals surface area contributed by atoms with Crippen LogP contribution in [0.4, 0.5) is 24.8 Å². The molecule has 0 atom stereocenters. The van der Waals surface area contributed by atoms with Gasteiger partial charge in [-0.1, -0.05) is 25.1 Å². The number of alkyl halides is 3. The minimum absolute atomic E-state index is 0.139. The standard InChI is InChI=1S/C18H20N4O.C2HF3O2/c1-2-13-11-19-17(20-12-13)22-9-7-18(8-10-22)14-5-3-4-6-15(14)21-16(18)23;3-2(4,5)1(6)7/h3-6,11-12H,2,7-10H2,1H3,(H,21,23);(H,6,7). The summed E-state index contributed by atoms with van der Waals surface area (Å²) in [6.45, 7) is 3.69. The Labute approximate surface area is 170 Å². The predicted molar refractivity (Wildman–Crippen MR) is 103 cm³/mol. The fraction of sp³-hybridized carbons (Fsp3) is 0.400. The van der Waals surface area contributed by atoms with Gasteiger partial charge in [-0.15, -0.1) is 0 Å². The highest BCUT2D eigenvalue weighted by molar-refractivity contribution is 6.06. The summed E-state index contributed by atoms with van der Waals surface area (Å²) < 4.78 is 31.7. The number of anilines is 2. The molecular formula is C20H21F3N4O3. The summed E-state index contributed by atoms with van der Waals surface area (Å²) in [6, 6.07) is 8.05. The summed E-state index contributed by atoms with van der Waals surface area (Å²) in [5, 5.41) is 10.2. The number of para-hydroxylation sites is 1. The Morgan fingerprint density at radius 1 is 1.20 bits per heavy atom. The van der Waals surface area contributed by atoms with Crippen molar-refractivity contribution in [3.63, 3.8) is 0 Å². The first kappa shape index (κ1) is 21.5. The van der Waals surface area contributed by atoms with Crippen LogP contribution in [0.5, 0.6) is 0 Å². The number of fused-ring (bicyclic) bond motifs is 2. The van der Waals surface area contributed by atoms with Crippen molar-refractivity contribution in [3.8, 4) is 0 Å². The molecule has 1 aromatic heterocycles. The van der Waals surface area contributed by atoms with E-state index in [1.807, 2.05) is 30.6 Å². The lowest BCUT2D eigenvalue weighted by molar-refractivity contribution is -0.192. The van der Waals surface area contributed by atoms with Crippen LogP contribution in [0.1, 0.15) is 30.9 Å². The third-order valence-electron chi connectivity index (χ3n) is 5.37. The van der Waals surface area contributed by atoms with Crippen molar-refractivity contribution in [2.24, 2.45) is 0 Å². The van der Waals surface area contributed by atoms with Crippen molar-refractivity contribution in [1.29, 1.82) is 0 Å². The van der Waals surface area contributed by atoms with Gasteiger partial charge < -0.3 is 15.3 Å². The Bertz CT molecular complexity index is 924. The topological polar surface area (TPSA) is 95.4 Å². The van der Waals surface area contributed by atoms with Gasteiger partial charge in [-0.3, -0.25) is 4.79 Å². The SMILES string of the molecule is CCc1cnc(N2CCC3(CC2)C(=O)Nc2ccccc23)nc1.O=C(O)C(F)(F)F. The second-order valence-electron chi connectivity index (χ2n) is 7.12. The number of carbonyl (C=O) groups excluding carboxylic acids is 1. The first-order chi connectivity index (χ1) is 14.2. The summed E-state index contributed by atoms with van der Waals surface area (Å²) in [4.78, 5) is 32.6. The van der Waals surface area contributed by atoms with Gasteiger partial charge in [-0.25, -0.2) is 14.8 Å². The second-order valence-corrected chi connectivity index (χ2v) is 7.12. The maximum absolute atomic E-state index is 12.6. The molecule has 160 valence electrons. The van der Waals surface area contributed by atoms with Crippen LogP contribution in [0, 0.1) is 0 Å². The van der Waals surface area contributed by atoms with E-state index in [1.165, 1.54) is 0 Å². The number of benzene rings is 1. The first-order valence-electron chi connectivity index (χ1n) is 9.44. The highest BCUT2D eigenvalue weighted by Crippen LogP contribution is 2.44. The summed E-state index contributed by atoms with van der Waals surface area (Å²) in [6.07, 6.45) is 1.25. The maximum Gasteiger partial charge on any atom is 0.490 e. The molecule has 0 saturated carbocycles. The number of carboxylic acid groups (broad SMARTS) is 1. The number of carbonyl (C=O) groups is 2. The lowest BCUT2D eigenvalue weighted by atomic mass is 9.74. The van der Waals surface area contributed by atoms with Gasteiger partial charge in [0.05, 0.1) is 5.41 Å². The zero-order chi connectivity index (χ0) is 21.9. The number of amides is 1. The summed E-state index contributed by atoms with van der Waals surface area (Å²) in [5.41, 5.74) is 2.88. The van der Waals surface area contributed by atoms with Gasteiger partial charge in [0.15, 0.2) is 0 Å². The van der Waals surface area contributed by atoms with E-state index >= 15 is 0 Å². The van der Waals surface area contributed by atoms with Crippen molar-refractivity contribution >= 4 is 23.5 Å². The Kier molecular flexibility index (Phi) is 5.95. The minimum Gasteiger partial charge on any atom is -0.475 e. The number of rotatable bonds is 2. The fourth-order valence-electron chi connectivity index (χ4n) is 3.65. The molecule has 1 spiro atoms. The van der Waals surface area contributed by atoms with Crippen LogP contribution in [0.3, 0.4) is 0 Å². The number of piperidine rings is 1. The van der Waals surface area contributed by atoms with Crippen molar-refractivity contribution in [2.45, 2.75) is 37.8 Å². The van der Waals surface area contributed by atoms with Gasteiger partial charge in [-0.2, -0.15) is 13.2 Å². The van der Waals surface area contributed by atoms with Crippen LogP contribution in [0.2, 0.25) is 0 Å². The molecule has 0 bridgehead atoms. The molecule has 3 heterocycles. The van der Waals surface area contributed by atoms with E-state index in [2.05, 4.69) is 33.2 Å². The molecule has 7 nitrogen and oxygen atoms in total. The molecule has 4 rings (SSSR count). The number of aliphatic carboxylic acids is 1. The monoisotopic (exact) mass is 422 g/mol. The highest BCUT2D eigenvalue weighted by atomic mass is 19.4. The molecule has 0 radical (unpaired) electrons. The van der Waals surface area contributed by atoms with Gasteiger partial charge in [0.25, 0.3) is 0 Å². The largest absolute Gasteiger partial charge is 0.490 e. The quantitative estimate of drug-likeness (QED) is 0.772. The molecule has 1 fully saturated rings. The van der Waals surface area contributed by atoms with E-state index in [0.29, 0.717) is 0 Å². The highest BCUT2D eigenvalue weighted by Gasteiger charge is 2.48. The molecule has 2 N–H and O–H groups in total. The lowest BCUT2D eigenvalue weighted by Crippen LogP contribution is -2.47. The van der Waals surface area contributed by atoms with Crippen LogP contribution in [-0.2, 0) is 21.4 Å². The Hall–Kier alpha value is -3.17. The number of hydrogen-bond acceptors (Lipinski definition) is 5. The van der Waals surface area contributed by atoms with Crippen LogP contribution in [-0.4, -0.2) is 46.2 Å². The third-order valence-corrected chi connectivity index (χ3v) is 5.37. The number of aromatic nitrogens is 2.